The van der Waals surface area contributed by atoms with Crippen LogP contribution in [0.3, 0.4) is 0 Å². The predicted molar refractivity (Wildman–Crippen MR) is 113 cm³/mol. The van der Waals surface area contributed by atoms with Crippen molar-refractivity contribution in [2.45, 2.75) is 19.3 Å². The smallest absolute Gasteiger partial charge is 0.167 e. The highest BCUT2D eigenvalue weighted by Crippen LogP contribution is 2.32. The lowest BCUT2D eigenvalue weighted by atomic mass is 10.1. The molecular formula is C24H18FN5. The van der Waals surface area contributed by atoms with Crippen LogP contribution in [0.5, 0.6) is 0 Å². The number of hydrogen-bond acceptors (Lipinski definition) is 3. The Hall–Kier alpha value is -3.80. The first-order valence-electron chi connectivity index (χ1n) is 10.0. The van der Waals surface area contributed by atoms with Crippen molar-refractivity contribution in [2.75, 3.05) is 0 Å². The van der Waals surface area contributed by atoms with Gasteiger partial charge in [0.15, 0.2) is 11.5 Å². The van der Waals surface area contributed by atoms with E-state index in [0.29, 0.717) is 28.4 Å². The molecule has 0 atom stereocenters. The Balaban J connectivity index is 1.65. The van der Waals surface area contributed by atoms with Crippen LogP contribution in [0.15, 0.2) is 73.1 Å². The summed E-state index contributed by atoms with van der Waals surface area (Å²) in [6.07, 6.45) is 6.92. The SMILES string of the molecule is Fc1ccccc1-c1nc2ccc(-n3cccn3)nc2n1-c1ccc2c(c1)CCC2. The number of pyridine rings is 1. The maximum atomic E-state index is 14.7. The Morgan fingerprint density at radius 2 is 1.77 bits per heavy atom. The molecule has 0 radical (unpaired) electrons. The standard InChI is InChI=1S/C24H18FN5/c25-20-8-2-1-7-19(20)23-27-21-11-12-22(29-14-4-13-26-29)28-24(21)30(23)18-10-9-16-5-3-6-17(16)15-18/h1-2,4,7-15H,3,5-6H2. The predicted octanol–water partition coefficient (Wildman–Crippen LogP) is 4.90. The molecule has 0 aliphatic heterocycles. The summed E-state index contributed by atoms with van der Waals surface area (Å²) < 4.78 is 18.4. The van der Waals surface area contributed by atoms with Gasteiger partial charge in [-0.3, -0.25) is 4.57 Å². The summed E-state index contributed by atoms with van der Waals surface area (Å²) in [7, 11) is 0. The summed E-state index contributed by atoms with van der Waals surface area (Å²) in [5.74, 6) is 0.934. The molecule has 2 aromatic carbocycles. The third-order valence-corrected chi connectivity index (χ3v) is 5.68. The molecule has 0 unspecified atom stereocenters. The molecule has 3 aromatic heterocycles. The van der Waals surface area contributed by atoms with E-state index in [1.54, 1.807) is 23.0 Å². The molecular weight excluding hydrogens is 377 g/mol. The van der Waals surface area contributed by atoms with E-state index in [-0.39, 0.29) is 5.82 Å². The first-order valence-corrected chi connectivity index (χ1v) is 10.0. The van der Waals surface area contributed by atoms with Crippen LogP contribution in [-0.2, 0) is 12.8 Å². The monoisotopic (exact) mass is 395 g/mol. The van der Waals surface area contributed by atoms with Gasteiger partial charge in [-0.25, -0.2) is 19.0 Å². The number of fused-ring (bicyclic) bond motifs is 2. The zero-order valence-corrected chi connectivity index (χ0v) is 16.2. The topological polar surface area (TPSA) is 48.5 Å². The molecule has 3 heterocycles. The Kier molecular flexibility index (Phi) is 3.77. The summed E-state index contributed by atoms with van der Waals surface area (Å²) in [6, 6.07) is 18.8. The average molecular weight is 395 g/mol. The third kappa shape index (κ3) is 2.64. The first kappa shape index (κ1) is 17.1. The maximum Gasteiger partial charge on any atom is 0.167 e. The Morgan fingerprint density at radius 1 is 0.867 bits per heavy atom. The molecule has 6 heteroatoms. The minimum Gasteiger partial charge on any atom is -0.277 e. The molecule has 146 valence electrons. The molecule has 0 saturated heterocycles. The first-order chi connectivity index (χ1) is 14.8. The number of imidazole rings is 1. The number of aromatic nitrogens is 5. The molecule has 30 heavy (non-hydrogen) atoms. The van der Waals surface area contributed by atoms with Crippen molar-refractivity contribution >= 4 is 11.2 Å². The zero-order valence-electron chi connectivity index (χ0n) is 16.2. The van der Waals surface area contributed by atoms with E-state index in [1.165, 1.54) is 23.6 Å². The summed E-state index contributed by atoms with van der Waals surface area (Å²) >= 11 is 0. The third-order valence-electron chi connectivity index (χ3n) is 5.68. The molecule has 1 aliphatic carbocycles. The van der Waals surface area contributed by atoms with Crippen LogP contribution in [0.4, 0.5) is 4.39 Å². The van der Waals surface area contributed by atoms with Gasteiger partial charge in [-0.1, -0.05) is 18.2 Å². The van der Waals surface area contributed by atoms with E-state index in [4.69, 9.17) is 9.97 Å². The highest BCUT2D eigenvalue weighted by molar-refractivity contribution is 5.81. The fourth-order valence-electron chi connectivity index (χ4n) is 4.24. The van der Waals surface area contributed by atoms with Gasteiger partial charge in [0.25, 0.3) is 0 Å². The highest BCUT2D eigenvalue weighted by atomic mass is 19.1. The summed E-state index contributed by atoms with van der Waals surface area (Å²) in [4.78, 5) is 9.61. The van der Waals surface area contributed by atoms with Gasteiger partial charge in [0.1, 0.15) is 17.2 Å². The van der Waals surface area contributed by atoms with Gasteiger partial charge in [0, 0.05) is 18.1 Å². The van der Waals surface area contributed by atoms with E-state index < -0.39 is 0 Å². The lowest BCUT2D eigenvalue weighted by Gasteiger charge is -2.12. The lowest BCUT2D eigenvalue weighted by Crippen LogP contribution is -2.03. The van der Waals surface area contributed by atoms with Crippen molar-refractivity contribution in [2.24, 2.45) is 0 Å². The molecule has 0 bridgehead atoms. The van der Waals surface area contributed by atoms with Gasteiger partial charge >= 0.3 is 0 Å². The molecule has 0 saturated carbocycles. The van der Waals surface area contributed by atoms with Crippen LogP contribution >= 0.6 is 0 Å². The van der Waals surface area contributed by atoms with Crippen molar-refractivity contribution in [1.29, 1.82) is 0 Å². The Labute approximate surface area is 172 Å². The lowest BCUT2D eigenvalue weighted by molar-refractivity contribution is 0.629. The van der Waals surface area contributed by atoms with E-state index in [0.717, 1.165) is 18.5 Å². The quantitative estimate of drug-likeness (QED) is 0.437. The average Bonchev–Trinajstić information content (AvgIpc) is 3.51. The second-order valence-corrected chi connectivity index (χ2v) is 7.52. The minimum atomic E-state index is -0.303. The molecule has 1 aliphatic rings. The highest BCUT2D eigenvalue weighted by Gasteiger charge is 2.20. The number of nitrogens with zero attached hydrogens (tertiary/aromatic N) is 5. The fourth-order valence-corrected chi connectivity index (χ4v) is 4.24. The molecule has 0 N–H and O–H groups in total. The maximum absolute atomic E-state index is 14.7. The van der Waals surface area contributed by atoms with Gasteiger partial charge in [-0.2, -0.15) is 5.10 Å². The van der Waals surface area contributed by atoms with E-state index in [2.05, 4.69) is 23.3 Å². The normalized spacial score (nSPS) is 13.1. The fraction of sp³-hybridized carbons (Fsp3) is 0.125. The molecule has 5 aromatic rings. The number of hydrogen-bond donors (Lipinski definition) is 0. The molecule has 0 amide bonds. The molecule has 5 nitrogen and oxygen atoms in total. The van der Waals surface area contributed by atoms with E-state index in [9.17, 15) is 4.39 Å². The van der Waals surface area contributed by atoms with Crippen LogP contribution in [0.1, 0.15) is 17.5 Å². The van der Waals surface area contributed by atoms with E-state index in [1.807, 2.05) is 35.0 Å². The molecule has 0 fully saturated rings. The molecule has 6 rings (SSSR count). The number of aryl methyl sites for hydroxylation is 2. The van der Waals surface area contributed by atoms with Gasteiger partial charge < -0.3 is 0 Å². The van der Waals surface area contributed by atoms with Crippen LogP contribution < -0.4 is 0 Å². The van der Waals surface area contributed by atoms with Crippen LogP contribution in [-0.4, -0.2) is 24.3 Å². The van der Waals surface area contributed by atoms with Crippen molar-refractivity contribution in [3.8, 4) is 22.9 Å². The second kappa shape index (κ2) is 6.62. The Bertz CT molecular complexity index is 1380. The zero-order chi connectivity index (χ0) is 20.1. The molecule has 0 spiro atoms. The number of halogens is 1. The van der Waals surface area contributed by atoms with Gasteiger partial charge in [-0.05, 0) is 72.9 Å². The summed E-state index contributed by atoms with van der Waals surface area (Å²) in [6.45, 7) is 0. The number of rotatable bonds is 3. The van der Waals surface area contributed by atoms with Crippen LogP contribution in [0.2, 0.25) is 0 Å². The van der Waals surface area contributed by atoms with Crippen molar-refractivity contribution in [1.82, 2.24) is 24.3 Å². The number of benzene rings is 2. The van der Waals surface area contributed by atoms with Gasteiger partial charge in [0.05, 0.1) is 5.56 Å². The van der Waals surface area contributed by atoms with Crippen molar-refractivity contribution in [3.05, 3.63) is 90.0 Å². The summed E-state index contributed by atoms with van der Waals surface area (Å²) in [5, 5.41) is 4.29. The largest absolute Gasteiger partial charge is 0.277 e. The van der Waals surface area contributed by atoms with Crippen molar-refractivity contribution < 1.29 is 4.39 Å². The van der Waals surface area contributed by atoms with Crippen LogP contribution in [0.25, 0.3) is 34.1 Å². The van der Waals surface area contributed by atoms with E-state index >= 15 is 0 Å². The van der Waals surface area contributed by atoms with Crippen molar-refractivity contribution in [3.63, 3.8) is 0 Å². The summed E-state index contributed by atoms with van der Waals surface area (Å²) in [5.41, 5.74) is 5.53. The van der Waals surface area contributed by atoms with Gasteiger partial charge in [0.2, 0.25) is 0 Å². The second-order valence-electron chi connectivity index (χ2n) is 7.52. The Morgan fingerprint density at radius 3 is 2.63 bits per heavy atom. The van der Waals surface area contributed by atoms with Gasteiger partial charge in [-0.15, -0.1) is 0 Å². The van der Waals surface area contributed by atoms with Crippen LogP contribution in [0, 0.1) is 5.82 Å². The minimum absolute atomic E-state index is 0.303.